The molecule has 0 aliphatic rings. The Bertz CT molecular complexity index is 134. The summed E-state index contributed by atoms with van der Waals surface area (Å²) in [6.45, 7) is 7.14. The summed E-state index contributed by atoms with van der Waals surface area (Å²) in [5.41, 5.74) is 0. The Hall–Kier alpha value is -0.530. The van der Waals surface area contributed by atoms with Gasteiger partial charge in [-0.05, 0) is 12.8 Å². The monoisotopic (exact) mass is 185 g/mol. The summed E-state index contributed by atoms with van der Waals surface area (Å²) in [6.07, 6.45) is 5.58. The van der Waals surface area contributed by atoms with Crippen LogP contribution in [0.15, 0.2) is 0 Å². The maximum Gasteiger partial charge on any atom is 0.222 e. The molecule has 0 aliphatic heterocycles. The number of amides is 1. The number of rotatable bonds is 7. The van der Waals surface area contributed by atoms with Crippen LogP contribution in [0.1, 0.15) is 52.9 Å². The minimum absolute atomic E-state index is 0.191. The van der Waals surface area contributed by atoms with Crippen LogP contribution in [0.2, 0.25) is 0 Å². The van der Waals surface area contributed by atoms with Crippen LogP contribution < -0.4 is 5.32 Å². The normalized spacial score (nSPS) is 12.5. The van der Waals surface area contributed by atoms with Gasteiger partial charge in [0, 0.05) is 12.5 Å². The van der Waals surface area contributed by atoms with Crippen molar-refractivity contribution in [3.05, 3.63) is 0 Å². The fourth-order valence-corrected chi connectivity index (χ4v) is 1.20. The number of nitrogens with one attached hydrogen (secondary N) is 1. The quantitative estimate of drug-likeness (QED) is 0.607. The Morgan fingerprint density at radius 3 is 2.38 bits per heavy atom. The average Bonchev–Trinajstić information content (AvgIpc) is 2.14. The van der Waals surface area contributed by atoms with Crippen molar-refractivity contribution in [2.24, 2.45) is 5.92 Å². The van der Waals surface area contributed by atoms with Gasteiger partial charge in [-0.2, -0.15) is 0 Å². The predicted octanol–water partition coefficient (Wildman–Crippen LogP) is 2.73. The van der Waals surface area contributed by atoms with Crippen molar-refractivity contribution < 1.29 is 4.79 Å². The van der Waals surface area contributed by atoms with Gasteiger partial charge < -0.3 is 5.32 Å². The van der Waals surface area contributed by atoms with Gasteiger partial charge in [0.1, 0.15) is 0 Å². The summed E-state index contributed by atoms with van der Waals surface area (Å²) < 4.78 is 0. The van der Waals surface area contributed by atoms with E-state index < -0.39 is 0 Å². The summed E-state index contributed by atoms with van der Waals surface area (Å²) >= 11 is 0. The first-order valence-electron chi connectivity index (χ1n) is 5.50. The van der Waals surface area contributed by atoms with Crippen molar-refractivity contribution in [2.75, 3.05) is 6.54 Å². The van der Waals surface area contributed by atoms with Gasteiger partial charge in [-0.15, -0.1) is 0 Å². The molecule has 1 amide bonds. The lowest BCUT2D eigenvalue weighted by Gasteiger charge is -2.10. The molecule has 0 aliphatic carbocycles. The van der Waals surface area contributed by atoms with Crippen LogP contribution in [-0.2, 0) is 4.79 Å². The number of carbonyl (C=O) groups is 1. The standard InChI is InChI=1S/C11H23NO/c1-4-6-8-10(3)11(13)12-9-7-5-2/h10H,4-9H2,1-3H3,(H,12,13). The first kappa shape index (κ1) is 12.5. The Morgan fingerprint density at radius 1 is 1.23 bits per heavy atom. The summed E-state index contributed by atoms with van der Waals surface area (Å²) in [5, 5.41) is 2.95. The van der Waals surface area contributed by atoms with Crippen LogP contribution in [0.3, 0.4) is 0 Å². The topological polar surface area (TPSA) is 29.1 Å². The lowest BCUT2D eigenvalue weighted by Crippen LogP contribution is -2.29. The van der Waals surface area contributed by atoms with Crippen molar-refractivity contribution in [1.82, 2.24) is 5.32 Å². The van der Waals surface area contributed by atoms with Crippen LogP contribution in [-0.4, -0.2) is 12.5 Å². The smallest absolute Gasteiger partial charge is 0.222 e. The molecule has 78 valence electrons. The van der Waals surface area contributed by atoms with Crippen LogP contribution in [0.5, 0.6) is 0 Å². The molecule has 0 saturated heterocycles. The molecule has 13 heavy (non-hydrogen) atoms. The molecule has 1 atom stereocenters. The van der Waals surface area contributed by atoms with Crippen LogP contribution >= 0.6 is 0 Å². The van der Waals surface area contributed by atoms with Gasteiger partial charge in [0.2, 0.25) is 5.91 Å². The SMILES string of the molecule is CCCCNC(=O)C(C)CCCC. The zero-order valence-corrected chi connectivity index (χ0v) is 9.23. The Labute approximate surface area is 82.1 Å². The highest BCUT2D eigenvalue weighted by Crippen LogP contribution is 2.07. The second kappa shape index (κ2) is 8.09. The lowest BCUT2D eigenvalue weighted by molar-refractivity contribution is -0.124. The molecular formula is C11H23NO. The van der Waals surface area contributed by atoms with Crippen molar-refractivity contribution in [3.63, 3.8) is 0 Å². The number of carbonyl (C=O) groups excluding carboxylic acids is 1. The van der Waals surface area contributed by atoms with Crippen LogP contribution in [0.25, 0.3) is 0 Å². The van der Waals surface area contributed by atoms with E-state index in [0.717, 1.165) is 32.2 Å². The maximum atomic E-state index is 11.4. The lowest BCUT2D eigenvalue weighted by atomic mass is 10.0. The first-order valence-corrected chi connectivity index (χ1v) is 5.50. The van der Waals surface area contributed by atoms with Gasteiger partial charge in [-0.1, -0.05) is 40.0 Å². The van der Waals surface area contributed by atoms with E-state index in [1.165, 1.54) is 6.42 Å². The van der Waals surface area contributed by atoms with Gasteiger partial charge in [0.25, 0.3) is 0 Å². The summed E-state index contributed by atoms with van der Waals surface area (Å²) in [6, 6.07) is 0. The minimum Gasteiger partial charge on any atom is -0.356 e. The Balaban J connectivity index is 3.45. The third kappa shape index (κ3) is 6.62. The predicted molar refractivity (Wildman–Crippen MR) is 56.6 cm³/mol. The highest BCUT2D eigenvalue weighted by atomic mass is 16.1. The fourth-order valence-electron chi connectivity index (χ4n) is 1.20. The molecule has 0 heterocycles. The van der Waals surface area contributed by atoms with E-state index in [4.69, 9.17) is 0 Å². The molecule has 0 aromatic heterocycles. The van der Waals surface area contributed by atoms with Crippen LogP contribution in [0, 0.1) is 5.92 Å². The molecule has 2 heteroatoms. The Morgan fingerprint density at radius 2 is 1.85 bits per heavy atom. The van der Waals surface area contributed by atoms with Gasteiger partial charge in [0.05, 0.1) is 0 Å². The third-order valence-electron chi connectivity index (χ3n) is 2.27. The van der Waals surface area contributed by atoms with Crippen molar-refractivity contribution in [1.29, 1.82) is 0 Å². The molecule has 0 spiro atoms. The van der Waals surface area contributed by atoms with E-state index in [0.29, 0.717) is 0 Å². The summed E-state index contributed by atoms with van der Waals surface area (Å²) in [4.78, 5) is 11.4. The number of hydrogen-bond acceptors (Lipinski definition) is 1. The first-order chi connectivity index (χ1) is 6.22. The highest BCUT2D eigenvalue weighted by Gasteiger charge is 2.10. The highest BCUT2D eigenvalue weighted by molar-refractivity contribution is 5.78. The van der Waals surface area contributed by atoms with Gasteiger partial charge in [-0.25, -0.2) is 0 Å². The van der Waals surface area contributed by atoms with Gasteiger partial charge in [-0.3, -0.25) is 4.79 Å². The van der Waals surface area contributed by atoms with E-state index in [-0.39, 0.29) is 11.8 Å². The summed E-state index contributed by atoms with van der Waals surface area (Å²) in [5.74, 6) is 0.415. The zero-order chi connectivity index (χ0) is 10.1. The molecule has 0 saturated carbocycles. The molecule has 0 rings (SSSR count). The molecule has 0 aromatic rings. The molecule has 0 bridgehead atoms. The summed E-state index contributed by atoms with van der Waals surface area (Å²) in [7, 11) is 0. The molecule has 1 unspecified atom stereocenters. The van der Waals surface area contributed by atoms with Crippen molar-refractivity contribution in [2.45, 2.75) is 52.9 Å². The minimum atomic E-state index is 0.191. The molecule has 0 aromatic carbocycles. The molecule has 0 radical (unpaired) electrons. The van der Waals surface area contributed by atoms with Crippen molar-refractivity contribution >= 4 is 5.91 Å². The molecular weight excluding hydrogens is 162 g/mol. The maximum absolute atomic E-state index is 11.4. The molecule has 2 nitrogen and oxygen atoms in total. The van der Waals surface area contributed by atoms with Crippen LogP contribution in [0.4, 0.5) is 0 Å². The Kier molecular flexibility index (Phi) is 7.76. The third-order valence-corrected chi connectivity index (χ3v) is 2.27. The van der Waals surface area contributed by atoms with Crippen molar-refractivity contribution in [3.8, 4) is 0 Å². The number of unbranched alkanes of at least 4 members (excludes halogenated alkanes) is 2. The second-order valence-electron chi connectivity index (χ2n) is 3.69. The van der Waals surface area contributed by atoms with Gasteiger partial charge >= 0.3 is 0 Å². The fraction of sp³-hybridized carbons (Fsp3) is 0.909. The molecule has 1 N–H and O–H groups in total. The zero-order valence-electron chi connectivity index (χ0n) is 9.23. The molecule has 0 fully saturated rings. The average molecular weight is 185 g/mol. The van der Waals surface area contributed by atoms with E-state index in [1.54, 1.807) is 0 Å². The van der Waals surface area contributed by atoms with Gasteiger partial charge in [0.15, 0.2) is 0 Å². The van der Waals surface area contributed by atoms with E-state index in [2.05, 4.69) is 19.2 Å². The largest absolute Gasteiger partial charge is 0.356 e. The number of hydrogen-bond donors (Lipinski definition) is 1. The second-order valence-corrected chi connectivity index (χ2v) is 3.69. The van der Waals surface area contributed by atoms with E-state index in [9.17, 15) is 4.79 Å². The van der Waals surface area contributed by atoms with E-state index >= 15 is 0 Å². The van der Waals surface area contributed by atoms with E-state index in [1.807, 2.05) is 6.92 Å².